The van der Waals surface area contributed by atoms with Crippen molar-refractivity contribution in [1.82, 2.24) is 5.32 Å². The van der Waals surface area contributed by atoms with Crippen molar-refractivity contribution in [1.29, 1.82) is 0 Å². The van der Waals surface area contributed by atoms with Gasteiger partial charge in [-0.05, 0) is 25.3 Å². The SMILES string of the molecule is C[C@H](NC1CCCCCC1)c1ccccc1. The van der Waals surface area contributed by atoms with E-state index in [0.717, 1.165) is 6.04 Å². The van der Waals surface area contributed by atoms with Gasteiger partial charge in [-0.25, -0.2) is 0 Å². The first kappa shape index (κ1) is 11.7. The highest BCUT2D eigenvalue weighted by atomic mass is 14.9. The molecule has 16 heavy (non-hydrogen) atoms. The lowest BCUT2D eigenvalue weighted by Crippen LogP contribution is -2.30. The third-order valence-corrected chi connectivity index (χ3v) is 3.64. The third kappa shape index (κ3) is 3.34. The summed E-state index contributed by atoms with van der Waals surface area (Å²) in [4.78, 5) is 0. The van der Waals surface area contributed by atoms with Gasteiger partial charge in [-0.3, -0.25) is 0 Å². The van der Waals surface area contributed by atoms with Gasteiger partial charge in [0.15, 0.2) is 0 Å². The molecule has 2 rings (SSSR count). The van der Waals surface area contributed by atoms with Gasteiger partial charge >= 0.3 is 0 Å². The molecule has 1 nitrogen and oxygen atoms in total. The first-order valence-corrected chi connectivity index (χ1v) is 6.67. The molecule has 1 fully saturated rings. The van der Waals surface area contributed by atoms with Crippen molar-refractivity contribution in [3.63, 3.8) is 0 Å². The molecule has 1 aliphatic rings. The van der Waals surface area contributed by atoms with E-state index in [4.69, 9.17) is 0 Å². The average molecular weight is 217 g/mol. The van der Waals surface area contributed by atoms with Gasteiger partial charge in [0.1, 0.15) is 0 Å². The Bertz CT molecular complexity index is 286. The van der Waals surface area contributed by atoms with Crippen LogP contribution in [0.25, 0.3) is 0 Å². The van der Waals surface area contributed by atoms with Gasteiger partial charge in [-0.2, -0.15) is 0 Å². The zero-order valence-corrected chi connectivity index (χ0v) is 10.3. The molecule has 1 saturated carbocycles. The summed E-state index contributed by atoms with van der Waals surface area (Å²) in [6, 6.07) is 12.0. The smallest absolute Gasteiger partial charge is 0.0294 e. The molecule has 0 saturated heterocycles. The molecule has 1 aromatic rings. The van der Waals surface area contributed by atoms with Gasteiger partial charge in [-0.1, -0.05) is 56.0 Å². The van der Waals surface area contributed by atoms with E-state index in [9.17, 15) is 0 Å². The fourth-order valence-electron chi connectivity index (χ4n) is 2.64. The molecule has 0 unspecified atom stereocenters. The van der Waals surface area contributed by atoms with Crippen LogP contribution in [0.3, 0.4) is 0 Å². The van der Waals surface area contributed by atoms with Gasteiger partial charge < -0.3 is 5.32 Å². The Balaban J connectivity index is 1.88. The maximum atomic E-state index is 3.78. The molecule has 0 radical (unpaired) electrons. The zero-order chi connectivity index (χ0) is 11.2. The van der Waals surface area contributed by atoms with E-state index < -0.39 is 0 Å². The number of hydrogen-bond donors (Lipinski definition) is 1. The van der Waals surface area contributed by atoms with Crippen molar-refractivity contribution in [3.05, 3.63) is 35.9 Å². The minimum atomic E-state index is 0.490. The first-order valence-electron chi connectivity index (χ1n) is 6.67. The van der Waals surface area contributed by atoms with Crippen molar-refractivity contribution in [2.24, 2.45) is 0 Å². The summed E-state index contributed by atoms with van der Waals surface area (Å²) in [6.07, 6.45) is 8.38. The van der Waals surface area contributed by atoms with Crippen LogP contribution >= 0.6 is 0 Å². The highest BCUT2D eigenvalue weighted by molar-refractivity contribution is 5.18. The summed E-state index contributed by atoms with van der Waals surface area (Å²) < 4.78 is 0. The van der Waals surface area contributed by atoms with Crippen LogP contribution in [0.1, 0.15) is 57.1 Å². The van der Waals surface area contributed by atoms with Gasteiger partial charge in [0, 0.05) is 12.1 Å². The predicted octanol–water partition coefficient (Wildman–Crippen LogP) is 4.06. The molecule has 1 heteroatoms. The van der Waals surface area contributed by atoms with E-state index >= 15 is 0 Å². The zero-order valence-electron chi connectivity index (χ0n) is 10.3. The second-order valence-electron chi connectivity index (χ2n) is 4.99. The molecule has 88 valence electrons. The molecular weight excluding hydrogens is 194 g/mol. The fraction of sp³-hybridized carbons (Fsp3) is 0.600. The van der Waals surface area contributed by atoms with E-state index in [1.807, 2.05) is 0 Å². The summed E-state index contributed by atoms with van der Waals surface area (Å²) in [5, 5.41) is 3.78. The predicted molar refractivity (Wildman–Crippen MR) is 69.5 cm³/mol. The molecule has 1 aliphatic carbocycles. The van der Waals surface area contributed by atoms with Gasteiger partial charge in [0.05, 0.1) is 0 Å². The lowest BCUT2D eigenvalue weighted by atomic mass is 10.0. The summed E-state index contributed by atoms with van der Waals surface area (Å²) in [7, 11) is 0. The summed E-state index contributed by atoms with van der Waals surface area (Å²) >= 11 is 0. The molecule has 1 aromatic carbocycles. The van der Waals surface area contributed by atoms with Crippen LogP contribution in [0.15, 0.2) is 30.3 Å². The topological polar surface area (TPSA) is 12.0 Å². The quantitative estimate of drug-likeness (QED) is 0.753. The molecule has 0 amide bonds. The fourth-order valence-corrected chi connectivity index (χ4v) is 2.64. The maximum absolute atomic E-state index is 3.78. The lowest BCUT2D eigenvalue weighted by Gasteiger charge is -2.22. The van der Waals surface area contributed by atoms with Crippen molar-refractivity contribution in [2.75, 3.05) is 0 Å². The molecule has 1 N–H and O–H groups in total. The summed E-state index contributed by atoms with van der Waals surface area (Å²) in [5.74, 6) is 0. The average Bonchev–Trinajstić information content (AvgIpc) is 2.59. The number of benzene rings is 1. The molecular formula is C15H23N. The summed E-state index contributed by atoms with van der Waals surface area (Å²) in [6.45, 7) is 2.28. The normalized spacial score (nSPS) is 20.3. The molecule has 0 aliphatic heterocycles. The highest BCUT2D eigenvalue weighted by Crippen LogP contribution is 2.20. The third-order valence-electron chi connectivity index (χ3n) is 3.64. The Morgan fingerprint density at radius 2 is 1.62 bits per heavy atom. The van der Waals surface area contributed by atoms with E-state index in [2.05, 4.69) is 42.6 Å². The van der Waals surface area contributed by atoms with Crippen molar-refractivity contribution in [3.8, 4) is 0 Å². The molecule has 0 spiro atoms. The second-order valence-corrected chi connectivity index (χ2v) is 4.99. The Hall–Kier alpha value is -0.820. The van der Waals surface area contributed by atoms with Crippen LogP contribution in [0.2, 0.25) is 0 Å². The maximum Gasteiger partial charge on any atom is 0.0294 e. The van der Waals surface area contributed by atoms with Crippen LogP contribution in [-0.2, 0) is 0 Å². The highest BCUT2D eigenvalue weighted by Gasteiger charge is 2.14. The van der Waals surface area contributed by atoms with Gasteiger partial charge in [-0.15, -0.1) is 0 Å². The van der Waals surface area contributed by atoms with E-state index in [1.165, 1.54) is 44.1 Å². The molecule has 0 heterocycles. The Morgan fingerprint density at radius 3 is 2.25 bits per heavy atom. The van der Waals surface area contributed by atoms with Crippen LogP contribution in [0, 0.1) is 0 Å². The molecule has 1 atom stereocenters. The van der Waals surface area contributed by atoms with Gasteiger partial charge in [0.2, 0.25) is 0 Å². The molecule has 0 aromatic heterocycles. The van der Waals surface area contributed by atoms with Crippen LogP contribution in [0.5, 0.6) is 0 Å². The van der Waals surface area contributed by atoms with Crippen LogP contribution in [-0.4, -0.2) is 6.04 Å². The number of nitrogens with one attached hydrogen (secondary N) is 1. The Morgan fingerprint density at radius 1 is 1.00 bits per heavy atom. The van der Waals surface area contributed by atoms with Crippen LogP contribution in [0.4, 0.5) is 0 Å². The minimum absolute atomic E-state index is 0.490. The molecule has 0 bridgehead atoms. The monoisotopic (exact) mass is 217 g/mol. The van der Waals surface area contributed by atoms with Gasteiger partial charge in [0.25, 0.3) is 0 Å². The second kappa shape index (κ2) is 6.05. The van der Waals surface area contributed by atoms with Crippen molar-refractivity contribution >= 4 is 0 Å². The van der Waals surface area contributed by atoms with Crippen molar-refractivity contribution < 1.29 is 0 Å². The minimum Gasteiger partial charge on any atom is -0.307 e. The number of rotatable bonds is 3. The summed E-state index contributed by atoms with van der Waals surface area (Å²) in [5.41, 5.74) is 1.41. The standard InChI is InChI=1S/C15H23N/c1-13(14-9-5-4-6-10-14)16-15-11-7-2-3-8-12-15/h4-6,9-10,13,15-16H,2-3,7-8,11-12H2,1H3/t13-/m0/s1. The largest absolute Gasteiger partial charge is 0.307 e. The van der Waals surface area contributed by atoms with E-state index in [0.29, 0.717) is 6.04 Å². The first-order chi connectivity index (χ1) is 7.86. The van der Waals surface area contributed by atoms with Crippen molar-refractivity contribution in [2.45, 2.75) is 57.5 Å². The number of hydrogen-bond acceptors (Lipinski definition) is 1. The Kier molecular flexibility index (Phi) is 4.41. The van der Waals surface area contributed by atoms with Crippen LogP contribution < -0.4 is 5.32 Å². The van der Waals surface area contributed by atoms with E-state index in [-0.39, 0.29) is 0 Å². The Labute approximate surface area is 99.3 Å². The van der Waals surface area contributed by atoms with E-state index in [1.54, 1.807) is 0 Å². The lowest BCUT2D eigenvalue weighted by molar-refractivity contribution is 0.414.